The largest absolute Gasteiger partial charge is 0.457 e. The smallest absolute Gasteiger partial charge is 0.374 e. The Morgan fingerprint density at radius 3 is 3.00 bits per heavy atom. The van der Waals surface area contributed by atoms with Gasteiger partial charge in [-0.25, -0.2) is 4.79 Å². The third kappa shape index (κ3) is 3.79. The van der Waals surface area contributed by atoms with Crippen LogP contribution < -0.4 is 0 Å². The van der Waals surface area contributed by atoms with E-state index >= 15 is 0 Å². The molecule has 158 valence electrons. The molecule has 3 saturated heterocycles. The molecule has 0 radical (unpaired) electrons. The van der Waals surface area contributed by atoms with E-state index in [9.17, 15) is 4.79 Å². The molecule has 4 aliphatic rings. The highest BCUT2D eigenvalue weighted by Crippen LogP contribution is 2.45. The highest BCUT2D eigenvalue weighted by Gasteiger charge is 2.45. The Kier molecular flexibility index (Phi) is 5.29. The van der Waals surface area contributed by atoms with E-state index < -0.39 is 0 Å². The minimum atomic E-state index is -0.366. The quantitative estimate of drug-likeness (QED) is 0.561. The van der Waals surface area contributed by atoms with Crippen molar-refractivity contribution in [2.75, 3.05) is 19.6 Å². The Morgan fingerprint density at radius 2 is 2.14 bits per heavy atom. The number of carbonyl (C=O) groups is 1. The first-order valence-corrected chi connectivity index (χ1v) is 11.6. The fourth-order valence-corrected chi connectivity index (χ4v) is 6.31. The maximum absolute atomic E-state index is 12.1. The summed E-state index contributed by atoms with van der Waals surface area (Å²) in [4.78, 5) is 17.5. The molecule has 1 aromatic heterocycles. The summed E-state index contributed by atoms with van der Waals surface area (Å²) in [5.74, 6) is 2.32. The summed E-state index contributed by atoms with van der Waals surface area (Å²) in [5, 5.41) is 0. The highest BCUT2D eigenvalue weighted by molar-refractivity contribution is 5.86. The average molecular weight is 399 g/mol. The van der Waals surface area contributed by atoms with Crippen LogP contribution in [0.5, 0.6) is 0 Å². The molecule has 5 nitrogen and oxygen atoms in total. The van der Waals surface area contributed by atoms with Crippen LogP contribution in [-0.4, -0.2) is 53.6 Å². The zero-order chi connectivity index (χ0) is 20.0. The molecule has 2 bridgehead atoms. The van der Waals surface area contributed by atoms with Crippen molar-refractivity contribution in [2.24, 2.45) is 11.8 Å². The summed E-state index contributed by atoms with van der Waals surface area (Å²) in [6.45, 7) is 8.14. The van der Waals surface area contributed by atoms with Crippen molar-refractivity contribution in [2.45, 2.75) is 77.1 Å². The van der Waals surface area contributed by atoms with Crippen molar-refractivity contribution in [3.63, 3.8) is 0 Å². The molecule has 29 heavy (non-hydrogen) atoms. The van der Waals surface area contributed by atoms with E-state index in [2.05, 4.69) is 15.9 Å². The fourth-order valence-electron chi connectivity index (χ4n) is 6.31. The molecule has 1 aromatic rings. The molecule has 1 aliphatic carbocycles. The van der Waals surface area contributed by atoms with E-state index in [0.717, 1.165) is 36.7 Å². The minimum absolute atomic E-state index is 0.133. The molecular weight excluding hydrogens is 364 g/mol. The predicted octanol–water partition coefficient (Wildman–Crippen LogP) is 4.24. The van der Waals surface area contributed by atoms with E-state index in [-0.39, 0.29) is 12.1 Å². The lowest BCUT2D eigenvalue weighted by Gasteiger charge is -2.54. The van der Waals surface area contributed by atoms with Crippen LogP contribution in [-0.2, 0) is 11.3 Å². The van der Waals surface area contributed by atoms with Gasteiger partial charge in [0.1, 0.15) is 5.76 Å². The van der Waals surface area contributed by atoms with Crippen molar-refractivity contribution >= 4 is 5.97 Å². The summed E-state index contributed by atoms with van der Waals surface area (Å²) < 4.78 is 11.1. The molecule has 4 heterocycles. The molecule has 0 saturated carbocycles. The SMILES string of the molecule is CC(C)OC(=O)c1ccc(CN2CCCC3=C[C@H]4C[C@@H](CN5CCCC[C@H]45)[C@@H]32)o1. The maximum atomic E-state index is 12.1. The van der Waals surface area contributed by atoms with Crippen LogP contribution in [0, 0.1) is 11.8 Å². The summed E-state index contributed by atoms with van der Waals surface area (Å²) in [6, 6.07) is 5.04. The summed E-state index contributed by atoms with van der Waals surface area (Å²) in [5.41, 5.74) is 1.67. The van der Waals surface area contributed by atoms with E-state index in [0.29, 0.717) is 11.8 Å². The summed E-state index contributed by atoms with van der Waals surface area (Å²) in [7, 11) is 0. The topological polar surface area (TPSA) is 45.9 Å². The summed E-state index contributed by atoms with van der Waals surface area (Å²) >= 11 is 0. The first-order chi connectivity index (χ1) is 14.1. The number of ether oxygens (including phenoxy) is 1. The van der Waals surface area contributed by atoms with E-state index in [1.54, 1.807) is 11.6 Å². The van der Waals surface area contributed by atoms with Crippen LogP contribution in [0.4, 0.5) is 0 Å². The van der Waals surface area contributed by atoms with Gasteiger partial charge >= 0.3 is 5.97 Å². The minimum Gasteiger partial charge on any atom is -0.457 e. The number of fused-ring (bicyclic) bond motifs is 6. The van der Waals surface area contributed by atoms with Crippen LogP contribution in [0.3, 0.4) is 0 Å². The van der Waals surface area contributed by atoms with Gasteiger partial charge in [0.15, 0.2) is 0 Å². The van der Waals surface area contributed by atoms with Crippen LogP contribution in [0.1, 0.15) is 68.7 Å². The van der Waals surface area contributed by atoms with Gasteiger partial charge in [-0.1, -0.05) is 18.1 Å². The maximum Gasteiger partial charge on any atom is 0.374 e. The molecule has 0 unspecified atom stereocenters. The second-order valence-corrected chi connectivity index (χ2v) is 9.70. The van der Waals surface area contributed by atoms with Crippen molar-refractivity contribution in [3.05, 3.63) is 35.3 Å². The molecule has 0 N–H and O–H groups in total. The Morgan fingerprint density at radius 1 is 1.24 bits per heavy atom. The van der Waals surface area contributed by atoms with Gasteiger partial charge in [0.05, 0.1) is 12.6 Å². The van der Waals surface area contributed by atoms with Crippen LogP contribution in [0.25, 0.3) is 0 Å². The van der Waals surface area contributed by atoms with Crippen molar-refractivity contribution < 1.29 is 13.9 Å². The Balaban J connectivity index is 1.32. The fraction of sp³-hybridized carbons (Fsp3) is 0.708. The van der Waals surface area contributed by atoms with Gasteiger partial charge in [0.2, 0.25) is 5.76 Å². The third-order valence-electron chi connectivity index (χ3n) is 7.33. The molecule has 0 aromatic carbocycles. The van der Waals surface area contributed by atoms with Gasteiger partial charge in [0.25, 0.3) is 0 Å². The van der Waals surface area contributed by atoms with Crippen LogP contribution in [0.2, 0.25) is 0 Å². The monoisotopic (exact) mass is 398 g/mol. The van der Waals surface area contributed by atoms with Crippen LogP contribution in [0.15, 0.2) is 28.2 Å². The van der Waals surface area contributed by atoms with Gasteiger partial charge in [-0.3, -0.25) is 9.80 Å². The lowest BCUT2D eigenvalue weighted by atomic mass is 9.68. The number of rotatable bonds is 4. The van der Waals surface area contributed by atoms with Crippen molar-refractivity contribution in [3.8, 4) is 0 Å². The molecule has 3 fully saturated rings. The van der Waals surface area contributed by atoms with E-state index in [4.69, 9.17) is 9.15 Å². The zero-order valence-corrected chi connectivity index (χ0v) is 17.8. The number of nitrogens with zero attached hydrogens (tertiary/aromatic N) is 2. The molecule has 5 rings (SSSR count). The van der Waals surface area contributed by atoms with Gasteiger partial charge in [0, 0.05) is 18.6 Å². The van der Waals surface area contributed by atoms with Gasteiger partial charge < -0.3 is 9.15 Å². The second-order valence-electron chi connectivity index (χ2n) is 9.70. The Labute approximate surface area is 174 Å². The average Bonchev–Trinajstić information content (AvgIpc) is 3.16. The van der Waals surface area contributed by atoms with Gasteiger partial charge in [-0.2, -0.15) is 0 Å². The Bertz CT molecular complexity index is 783. The van der Waals surface area contributed by atoms with E-state index in [1.807, 2.05) is 19.9 Å². The zero-order valence-electron chi connectivity index (χ0n) is 17.8. The molecular formula is C24H34N2O3. The number of likely N-dealkylation sites (tertiary alicyclic amines) is 1. The second kappa shape index (κ2) is 7.92. The number of hydrogen-bond acceptors (Lipinski definition) is 5. The molecule has 5 heteroatoms. The van der Waals surface area contributed by atoms with Crippen molar-refractivity contribution in [1.29, 1.82) is 0 Å². The standard InChI is InChI=1S/C24H34N2O3/c1-16(2)28-24(27)22-9-8-20(29-22)15-26-11-5-6-17-12-18-13-19(23(17)26)14-25-10-4-3-7-21(18)25/h8-9,12,16,18-19,21,23H,3-7,10-11,13-15H2,1-2H3/t18-,19-,21+,23+/m0/s1. The van der Waals surface area contributed by atoms with Gasteiger partial charge in [-0.05, 0) is 83.0 Å². The first kappa shape index (κ1) is 19.4. The predicted molar refractivity (Wildman–Crippen MR) is 112 cm³/mol. The lowest BCUT2D eigenvalue weighted by Crippen LogP contribution is -2.58. The van der Waals surface area contributed by atoms with Crippen molar-refractivity contribution in [1.82, 2.24) is 9.80 Å². The van der Waals surface area contributed by atoms with E-state index in [1.165, 1.54) is 51.6 Å². The molecule has 4 atom stereocenters. The number of hydrogen-bond donors (Lipinski definition) is 0. The molecule has 3 aliphatic heterocycles. The highest BCUT2D eigenvalue weighted by atomic mass is 16.6. The number of piperidine rings is 3. The molecule has 0 amide bonds. The third-order valence-corrected chi connectivity index (χ3v) is 7.33. The number of carbonyl (C=O) groups excluding carboxylic acids is 1. The number of esters is 1. The number of furan rings is 1. The van der Waals surface area contributed by atoms with Crippen LogP contribution >= 0.6 is 0 Å². The first-order valence-electron chi connectivity index (χ1n) is 11.6. The Hall–Kier alpha value is -1.59. The lowest BCUT2D eigenvalue weighted by molar-refractivity contribution is -0.00421. The summed E-state index contributed by atoms with van der Waals surface area (Å²) in [6.07, 6.45) is 10.5. The van der Waals surface area contributed by atoms with Gasteiger partial charge in [-0.15, -0.1) is 0 Å². The normalized spacial score (nSPS) is 32.4. The molecule has 0 spiro atoms.